The van der Waals surface area contributed by atoms with Gasteiger partial charge in [0.1, 0.15) is 5.75 Å². The van der Waals surface area contributed by atoms with E-state index in [0.29, 0.717) is 5.75 Å². The molecule has 0 radical (unpaired) electrons. The lowest BCUT2D eigenvalue weighted by molar-refractivity contribution is -0.131. The molecule has 0 bridgehead atoms. The summed E-state index contributed by atoms with van der Waals surface area (Å²) in [7, 11) is 0. The number of aromatic amines is 1. The molecule has 0 atom stereocenters. The minimum absolute atomic E-state index is 0.276. The fraction of sp³-hybridized carbons (Fsp3) is 0.400. The van der Waals surface area contributed by atoms with Crippen LogP contribution in [0, 0.1) is 0 Å². The first-order valence-corrected chi connectivity index (χ1v) is 6.74. The number of rotatable bonds is 4. The first-order valence-electron chi connectivity index (χ1n) is 6.74. The molecule has 0 amide bonds. The fourth-order valence-corrected chi connectivity index (χ4v) is 2.54. The molecule has 1 aliphatic rings. The third kappa shape index (κ3) is 2.49. The van der Waals surface area contributed by atoms with Gasteiger partial charge in [-0.25, -0.2) is 0 Å². The third-order valence-electron chi connectivity index (χ3n) is 3.65. The quantitative estimate of drug-likeness (QED) is 0.676. The zero-order valence-corrected chi connectivity index (χ0v) is 11.1. The van der Waals surface area contributed by atoms with Crippen molar-refractivity contribution in [2.75, 3.05) is 19.6 Å². The van der Waals surface area contributed by atoms with Gasteiger partial charge in [0, 0.05) is 30.6 Å². The van der Waals surface area contributed by atoms with E-state index in [-0.39, 0.29) is 5.97 Å². The van der Waals surface area contributed by atoms with Gasteiger partial charge < -0.3 is 14.6 Å². The predicted molar refractivity (Wildman–Crippen MR) is 74.4 cm³/mol. The van der Waals surface area contributed by atoms with E-state index >= 15 is 0 Å². The van der Waals surface area contributed by atoms with Crippen LogP contribution in [0.15, 0.2) is 24.4 Å². The fourth-order valence-electron chi connectivity index (χ4n) is 2.54. The average molecular weight is 258 g/mol. The van der Waals surface area contributed by atoms with Crippen molar-refractivity contribution in [1.29, 1.82) is 0 Å². The Hall–Kier alpha value is -1.81. The normalized spacial score (nSPS) is 15.4. The molecule has 0 spiro atoms. The molecule has 4 heteroatoms. The summed E-state index contributed by atoms with van der Waals surface area (Å²) in [5, 5.41) is 1.04. The van der Waals surface area contributed by atoms with Crippen LogP contribution in [0.25, 0.3) is 10.9 Å². The Morgan fingerprint density at radius 2 is 2.26 bits per heavy atom. The summed E-state index contributed by atoms with van der Waals surface area (Å²) in [5.74, 6) is 0.382. The third-order valence-corrected chi connectivity index (χ3v) is 3.65. The van der Waals surface area contributed by atoms with Crippen molar-refractivity contribution in [2.45, 2.75) is 19.8 Å². The molecule has 0 saturated carbocycles. The monoisotopic (exact) mass is 258 g/mol. The Morgan fingerprint density at radius 1 is 1.42 bits per heavy atom. The summed E-state index contributed by atoms with van der Waals surface area (Å²) in [6, 6.07) is 5.76. The Kier molecular flexibility index (Phi) is 3.25. The number of aromatic nitrogens is 1. The van der Waals surface area contributed by atoms with E-state index in [2.05, 4.69) is 9.88 Å². The second-order valence-corrected chi connectivity index (χ2v) is 5.03. The van der Waals surface area contributed by atoms with Gasteiger partial charge in [0.15, 0.2) is 0 Å². The second kappa shape index (κ2) is 5.05. The highest BCUT2D eigenvalue weighted by Crippen LogP contribution is 2.29. The van der Waals surface area contributed by atoms with Crippen molar-refractivity contribution >= 4 is 16.9 Å². The zero-order valence-electron chi connectivity index (χ0n) is 11.1. The van der Waals surface area contributed by atoms with Crippen LogP contribution in [0.3, 0.4) is 0 Å². The summed E-state index contributed by atoms with van der Waals surface area (Å²) in [5.41, 5.74) is 2.25. The molecule has 100 valence electrons. The molecule has 1 aromatic carbocycles. The highest BCUT2D eigenvalue weighted by atomic mass is 16.5. The largest absolute Gasteiger partial charge is 0.426 e. The molecule has 0 aliphatic carbocycles. The first-order chi connectivity index (χ1) is 9.24. The summed E-state index contributed by atoms with van der Waals surface area (Å²) in [6.45, 7) is 4.92. The second-order valence-electron chi connectivity index (χ2n) is 5.03. The molecule has 2 aromatic rings. The lowest BCUT2D eigenvalue weighted by Crippen LogP contribution is -2.38. The van der Waals surface area contributed by atoms with Crippen LogP contribution in [-0.2, 0) is 11.2 Å². The van der Waals surface area contributed by atoms with Crippen molar-refractivity contribution in [2.24, 2.45) is 0 Å². The molecule has 1 aromatic heterocycles. The number of nitrogens with one attached hydrogen (secondary N) is 1. The standard InChI is InChI=1S/C15H18N2O2/c1-11(18)19-14-5-2-4-13-15(14)12(10-16-13)6-9-17-7-3-8-17/h2,4-5,10,16H,3,6-9H2,1H3. The van der Waals surface area contributed by atoms with Gasteiger partial charge in [0.05, 0.1) is 0 Å². The van der Waals surface area contributed by atoms with Crippen LogP contribution in [0.2, 0.25) is 0 Å². The van der Waals surface area contributed by atoms with E-state index in [1.807, 2.05) is 24.4 Å². The molecule has 2 heterocycles. The number of likely N-dealkylation sites (tertiary alicyclic amines) is 1. The van der Waals surface area contributed by atoms with E-state index in [1.54, 1.807) is 0 Å². The van der Waals surface area contributed by atoms with Crippen molar-refractivity contribution < 1.29 is 9.53 Å². The number of hydrogen-bond donors (Lipinski definition) is 1. The highest BCUT2D eigenvalue weighted by molar-refractivity contribution is 5.91. The molecule has 1 saturated heterocycles. The molecule has 1 aliphatic heterocycles. The molecule has 3 rings (SSSR count). The molecule has 0 unspecified atom stereocenters. The predicted octanol–water partition coefficient (Wildman–Crippen LogP) is 2.34. The summed E-state index contributed by atoms with van der Waals surface area (Å²) in [4.78, 5) is 16.9. The average Bonchev–Trinajstić information content (AvgIpc) is 2.71. The van der Waals surface area contributed by atoms with Gasteiger partial charge >= 0.3 is 5.97 Å². The van der Waals surface area contributed by atoms with Crippen LogP contribution >= 0.6 is 0 Å². The van der Waals surface area contributed by atoms with Crippen molar-refractivity contribution in [3.63, 3.8) is 0 Å². The van der Waals surface area contributed by atoms with Gasteiger partial charge in [-0.2, -0.15) is 0 Å². The van der Waals surface area contributed by atoms with Gasteiger partial charge in [0.25, 0.3) is 0 Å². The number of H-pyrrole nitrogens is 1. The number of nitrogens with zero attached hydrogens (tertiary/aromatic N) is 1. The van der Waals surface area contributed by atoms with Crippen LogP contribution in [0.5, 0.6) is 5.75 Å². The van der Waals surface area contributed by atoms with E-state index in [9.17, 15) is 4.79 Å². The van der Waals surface area contributed by atoms with Crippen molar-refractivity contribution in [3.05, 3.63) is 30.0 Å². The number of carbonyl (C=O) groups is 1. The first kappa shape index (κ1) is 12.2. The minimum atomic E-state index is -0.276. The molecular weight excluding hydrogens is 240 g/mol. The van der Waals surface area contributed by atoms with Crippen molar-refractivity contribution in [1.82, 2.24) is 9.88 Å². The Labute approximate surface area is 112 Å². The van der Waals surface area contributed by atoms with Crippen LogP contribution in [-0.4, -0.2) is 35.5 Å². The van der Waals surface area contributed by atoms with Gasteiger partial charge in [0.2, 0.25) is 0 Å². The Morgan fingerprint density at radius 3 is 2.95 bits per heavy atom. The van der Waals surface area contributed by atoms with Gasteiger partial charge in [-0.1, -0.05) is 6.07 Å². The minimum Gasteiger partial charge on any atom is -0.426 e. The van der Waals surface area contributed by atoms with Crippen LogP contribution in [0.4, 0.5) is 0 Å². The number of esters is 1. The molecule has 4 nitrogen and oxygen atoms in total. The van der Waals surface area contributed by atoms with Crippen LogP contribution in [0.1, 0.15) is 18.9 Å². The number of benzene rings is 1. The summed E-state index contributed by atoms with van der Waals surface area (Å²) < 4.78 is 5.30. The number of ether oxygens (including phenoxy) is 1. The summed E-state index contributed by atoms with van der Waals surface area (Å²) in [6.07, 6.45) is 4.32. The number of fused-ring (bicyclic) bond motifs is 1. The topological polar surface area (TPSA) is 45.3 Å². The Balaban J connectivity index is 1.87. The highest BCUT2D eigenvalue weighted by Gasteiger charge is 2.15. The van der Waals surface area contributed by atoms with Crippen LogP contribution < -0.4 is 4.74 Å². The lowest BCUT2D eigenvalue weighted by atomic mass is 10.1. The summed E-state index contributed by atoms with van der Waals surface area (Å²) >= 11 is 0. The van der Waals surface area contributed by atoms with Gasteiger partial charge in [-0.05, 0) is 43.6 Å². The maximum absolute atomic E-state index is 11.2. The Bertz CT molecular complexity index is 599. The lowest BCUT2D eigenvalue weighted by Gasteiger charge is -2.30. The zero-order chi connectivity index (χ0) is 13.2. The van der Waals surface area contributed by atoms with E-state index in [4.69, 9.17) is 4.74 Å². The van der Waals surface area contributed by atoms with Gasteiger partial charge in [-0.3, -0.25) is 4.79 Å². The van der Waals surface area contributed by atoms with E-state index in [1.165, 1.54) is 32.0 Å². The molecule has 1 fully saturated rings. The smallest absolute Gasteiger partial charge is 0.308 e. The molecule has 19 heavy (non-hydrogen) atoms. The molecule has 1 N–H and O–H groups in total. The van der Waals surface area contributed by atoms with E-state index in [0.717, 1.165) is 23.9 Å². The SMILES string of the molecule is CC(=O)Oc1cccc2[nH]cc(CCN3CCC3)c12. The maximum Gasteiger partial charge on any atom is 0.308 e. The number of carbonyl (C=O) groups excluding carboxylic acids is 1. The maximum atomic E-state index is 11.2. The van der Waals surface area contributed by atoms with Crippen molar-refractivity contribution in [3.8, 4) is 5.75 Å². The molecular formula is C15H18N2O2. The van der Waals surface area contributed by atoms with E-state index < -0.39 is 0 Å². The number of hydrogen-bond acceptors (Lipinski definition) is 3. The van der Waals surface area contributed by atoms with Gasteiger partial charge in [-0.15, -0.1) is 0 Å².